The largest absolute Gasteiger partial charge is 0.508 e. The van der Waals surface area contributed by atoms with E-state index in [9.17, 15) is 9.90 Å². The summed E-state index contributed by atoms with van der Waals surface area (Å²) in [5, 5.41) is 19.6. The Morgan fingerprint density at radius 1 is 1.18 bits per heavy atom. The number of aliphatic carboxylic acids is 1. The Kier molecular flexibility index (Phi) is 7.30. The number of benzene rings is 2. The van der Waals surface area contributed by atoms with E-state index in [4.69, 9.17) is 28.3 Å². The van der Waals surface area contributed by atoms with Gasteiger partial charge in [-0.1, -0.05) is 59.2 Å². The molecule has 28 heavy (non-hydrogen) atoms. The Morgan fingerprint density at radius 3 is 2.61 bits per heavy atom. The summed E-state index contributed by atoms with van der Waals surface area (Å²) in [5.74, 6) is -0.704. The molecule has 0 saturated carbocycles. The first-order valence-corrected chi connectivity index (χ1v) is 10.6. The predicted octanol–water partition coefficient (Wildman–Crippen LogP) is 5.66. The molecular weight excluding hydrogens is 417 g/mol. The minimum atomic E-state index is -0.694. The summed E-state index contributed by atoms with van der Waals surface area (Å²) in [6.45, 7) is 2.32. The van der Waals surface area contributed by atoms with Crippen LogP contribution in [0.25, 0.3) is 6.08 Å². The van der Waals surface area contributed by atoms with Gasteiger partial charge >= 0.3 is 5.97 Å². The Labute approximate surface area is 178 Å². The fourth-order valence-corrected chi connectivity index (χ4v) is 4.60. The van der Waals surface area contributed by atoms with Gasteiger partial charge in [0.05, 0.1) is 16.0 Å². The molecule has 1 saturated heterocycles. The maximum Gasteiger partial charge on any atom is 0.306 e. The molecular formula is C21H21Cl2NO3S. The molecule has 0 spiro atoms. The van der Waals surface area contributed by atoms with Crippen molar-refractivity contribution in [2.24, 2.45) is 5.92 Å². The standard InChI is InChI=1S/C21H21Cl2NO3S/c22-19-14(3-2-10-24-11-8-15(9-12-24)21(26)27)6-7-18(20(19)23)28-17-5-1-4-16(25)13-17/h1-7,13,15,25H,8-12H2,(H,26,27)/b3-2+. The number of likely N-dealkylation sites (tertiary alicyclic amines) is 1. The van der Waals surface area contributed by atoms with Crippen molar-refractivity contribution in [3.8, 4) is 5.75 Å². The first-order valence-electron chi connectivity index (χ1n) is 9.00. The fourth-order valence-electron chi connectivity index (χ4n) is 3.12. The third-order valence-corrected chi connectivity index (χ3v) is 6.78. The van der Waals surface area contributed by atoms with Crippen LogP contribution in [0.4, 0.5) is 0 Å². The summed E-state index contributed by atoms with van der Waals surface area (Å²) in [5.41, 5.74) is 0.840. The molecule has 2 aromatic rings. The van der Waals surface area contributed by atoms with E-state index in [0.29, 0.717) is 22.9 Å². The summed E-state index contributed by atoms with van der Waals surface area (Å²) in [4.78, 5) is 15.0. The van der Waals surface area contributed by atoms with Gasteiger partial charge in [-0.05, 0) is 55.8 Å². The van der Waals surface area contributed by atoms with E-state index in [1.54, 1.807) is 18.2 Å². The number of carbonyl (C=O) groups is 1. The molecule has 4 nitrogen and oxygen atoms in total. The molecule has 0 aliphatic carbocycles. The highest BCUT2D eigenvalue weighted by Crippen LogP contribution is 2.39. The molecule has 0 bridgehead atoms. The van der Waals surface area contributed by atoms with Crippen molar-refractivity contribution in [2.75, 3.05) is 19.6 Å². The number of carboxylic acids is 1. The smallest absolute Gasteiger partial charge is 0.306 e. The molecule has 1 fully saturated rings. The number of aromatic hydroxyl groups is 1. The Bertz CT molecular complexity index is 880. The lowest BCUT2D eigenvalue weighted by Gasteiger charge is -2.28. The van der Waals surface area contributed by atoms with Crippen molar-refractivity contribution >= 4 is 47.0 Å². The zero-order chi connectivity index (χ0) is 20.1. The van der Waals surface area contributed by atoms with Crippen molar-refractivity contribution in [3.63, 3.8) is 0 Å². The van der Waals surface area contributed by atoms with Gasteiger partial charge in [0.15, 0.2) is 0 Å². The topological polar surface area (TPSA) is 60.8 Å². The molecule has 1 aliphatic heterocycles. The van der Waals surface area contributed by atoms with E-state index < -0.39 is 5.97 Å². The number of phenolic OH excluding ortho intramolecular Hbond substituents is 1. The lowest BCUT2D eigenvalue weighted by atomic mass is 9.97. The van der Waals surface area contributed by atoms with E-state index in [1.807, 2.05) is 30.4 Å². The lowest BCUT2D eigenvalue weighted by molar-refractivity contribution is -0.143. The monoisotopic (exact) mass is 437 g/mol. The number of rotatable bonds is 6. The van der Waals surface area contributed by atoms with Crippen molar-refractivity contribution in [1.82, 2.24) is 4.90 Å². The SMILES string of the molecule is O=C(O)C1CCN(C/C=C/c2ccc(Sc3cccc(O)c3)c(Cl)c2Cl)CC1. The van der Waals surface area contributed by atoms with Crippen LogP contribution < -0.4 is 0 Å². The second-order valence-corrected chi connectivity index (χ2v) is 8.57. The first kappa shape index (κ1) is 21.1. The first-order chi connectivity index (χ1) is 13.4. The van der Waals surface area contributed by atoms with Crippen LogP contribution >= 0.6 is 35.0 Å². The van der Waals surface area contributed by atoms with Crippen molar-refractivity contribution in [1.29, 1.82) is 0 Å². The van der Waals surface area contributed by atoms with Crippen LogP contribution in [-0.2, 0) is 4.79 Å². The van der Waals surface area contributed by atoms with Gasteiger partial charge in [-0.15, -0.1) is 0 Å². The third-order valence-electron chi connectivity index (χ3n) is 4.72. The van der Waals surface area contributed by atoms with Gasteiger partial charge in [-0.3, -0.25) is 9.69 Å². The van der Waals surface area contributed by atoms with Gasteiger partial charge in [0.2, 0.25) is 0 Å². The number of piperidine rings is 1. The Morgan fingerprint density at radius 2 is 1.93 bits per heavy atom. The molecule has 0 unspecified atom stereocenters. The molecule has 0 atom stereocenters. The minimum absolute atomic E-state index is 0.208. The van der Waals surface area contributed by atoms with Crippen molar-refractivity contribution in [3.05, 3.63) is 58.1 Å². The highest BCUT2D eigenvalue weighted by Gasteiger charge is 2.23. The van der Waals surface area contributed by atoms with E-state index in [0.717, 1.165) is 35.0 Å². The summed E-state index contributed by atoms with van der Waals surface area (Å²) >= 11 is 14.3. The quantitative estimate of drug-likeness (QED) is 0.610. The number of carboxylic acid groups (broad SMARTS) is 1. The van der Waals surface area contributed by atoms with Crippen LogP contribution in [-0.4, -0.2) is 40.7 Å². The molecule has 7 heteroatoms. The summed E-state index contributed by atoms with van der Waals surface area (Å²) in [7, 11) is 0. The maximum atomic E-state index is 11.0. The van der Waals surface area contributed by atoms with Gasteiger partial charge in [-0.25, -0.2) is 0 Å². The van der Waals surface area contributed by atoms with E-state index in [1.165, 1.54) is 11.8 Å². The molecule has 3 rings (SSSR count). The molecule has 0 aromatic heterocycles. The Balaban J connectivity index is 1.61. The number of hydrogen-bond acceptors (Lipinski definition) is 4. The molecule has 1 aliphatic rings. The summed E-state index contributed by atoms with van der Waals surface area (Å²) < 4.78 is 0. The highest BCUT2D eigenvalue weighted by molar-refractivity contribution is 7.99. The van der Waals surface area contributed by atoms with Crippen molar-refractivity contribution < 1.29 is 15.0 Å². The van der Waals surface area contributed by atoms with Crippen LogP contribution in [0.5, 0.6) is 5.75 Å². The number of hydrogen-bond donors (Lipinski definition) is 2. The van der Waals surface area contributed by atoms with Gasteiger partial charge in [0.1, 0.15) is 5.75 Å². The van der Waals surface area contributed by atoms with Crippen LogP contribution in [0.3, 0.4) is 0 Å². The van der Waals surface area contributed by atoms with E-state index in [2.05, 4.69) is 4.90 Å². The predicted molar refractivity (Wildman–Crippen MR) is 115 cm³/mol. The van der Waals surface area contributed by atoms with Crippen molar-refractivity contribution in [2.45, 2.75) is 22.6 Å². The number of nitrogens with zero attached hydrogens (tertiary/aromatic N) is 1. The van der Waals surface area contributed by atoms with Gasteiger partial charge < -0.3 is 10.2 Å². The zero-order valence-electron chi connectivity index (χ0n) is 15.1. The lowest BCUT2D eigenvalue weighted by Crippen LogP contribution is -2.36. The zero-order valence-corrected chi connectivity index (χ0v) is 17.5. The minimum Gasteiger partial charge on any atom is -0.508 e. The maximum absolute atomic E-state index is 11.0. The van der Waals surface area contributed by atoms with Crippen LogP contribution in [0.2, 0.25) is 10.0 Å². The molecule has 0 radical (unpaired) electrons. The van der Waals surface area contributed by atoms with Gasteiger partial charge in [0, 0.05) is 16.3 Å². The highest BCUT2D eigenvalue weighted by atomic mass is 35.5. The normalized spacial score (nSPS) is 15.9. The number of phenols is 1. The van der Waals surface area contributed by atoms with Gasteiger partial charge in [-0.2, -0.15) is 0 Å². The fraction of sp³-hybridized carbons (Fsp3) is 0.286. The second kappa shape index (κ2) is 9.70. The number of halogens is 2. The van der Waals surface area contributed by atoms with E-state index in [-0.39, 0.29) is 11.7 Å². The Hall–Kier alpha value is -1.66. The third kappa shape index (κ3) is 5.45. The summed E-state index contributed by atoms with van der Waals surface area (Å²) in [6, 6.07) is 10.8. The van der Waals surface area contributed by atoms with Gasteiger partial charge in [0.25, 0.3) is 0 Å². The van der Waals surface area contributed by atoms with E-state index >= 15 is 0 Å². The molecule has 1 heterocycles. The molecule has 2 N–H and O–H groups in total. The second-order valence-electron chi connectivity index (χ2n) is 6.70. The van der Waals surface area contributed by atoms with Crippen LogP contribution in [0, 0.1) is 5.92 Å². The average Bonchev–Trinajstić information content (AvgIpc) is 2.68. The molecule has 148 valence electrons. The average molecular weight is 438 g/mol. The molecule has 0 amide bonds. The molecule has 2 aromatic carbocycles. The van der Waals surface area contributed by atoms with Crippen LogP contribution in [0.15, 0.2) is 52.3 Å². The summed E-state index contributed by atoms with van der Waals surface area (Å²) in [6.07, 6.45) is 5.36. The van der Waals surface area contributed by atoms with Crippen LogP contribution in [0.1, 0.15) is 18.4 Å².